The van der Waals surface area contributed by atoms with Crippen LogP contribution in [0.5, 0.6) is 5.75 Å². The molecule has 0 aliphatic heterocycles. The summed E-state index contributed by atoms with van der Waals surface area (Å²) in [6.45, 7) is 0.546. The second kappa shape index (κ2) is 7.13. The molecule has 0 bridgehead atoms. The van der Waals surface area contributed by atoms with Crippen molar-refractivity contribution in [3.8, 4) is 5.75 Å². The van der Waals surface area contributed by atoms with Gasteiger partial charge in [-0.1, -0.05) is 0 Å². The molecule has 0 amide bonds. The van der Waals surface area contributed by atoms with Gasteiger partial charge >= 0.3 is 5.63 Å². The molecule has 0 unspecified atom stereocenters. The van der Waals surface area contributed by atoms with Gasteiger partial charge in [0.1, 0.15) is 16.9 Å². The number of hydrogen-bond donors (Lipinski definition) is 1. The minimum atomic E-state index is -0.399. The number of furan rings is 1. The molecule has 7 heteroatoms. The summed E-state index contributed by atoms with van der Waals surface area (Å²) in [5.74, 6) is 0.679. The average molecular weight is 368 g/mol. The van der Waals surface area contributed by atoms with Crippen LogP contribution in [0.15, 0.2) is 56.4 Å². The number of nitrogens with zero attached hydrogens (tertiary/aromatic N) is 1. The summed E-state index contributed by atoms with van der Waals surface area (Å²) in [6.07, 6.45) is 6.00. The Morgan fingerprint density at radius 1 is 1.12 bits per heavy atom. The van der Waals surface area contributed by atoms with Gasteiger partial charge < -0.3 is 18.6 Å². The molecule has 4 rings (SSSR count). The zero-order valence-corrected chi connectivity index (χ0v) is 14.7. The number of aryl methyl sites for hydroxylation is 1. The Kier molecular flexibility index (Phi) is 4.53. The highest BCUT2D eigenvalue weighted by Gasteiger charge is 2.13. The fourth-order valence-electron chi connectivity index (χ4n) is 2.91. The van der Waals surface area contributed by atoms with Crippen molar-refractivity contribution in [2.24, 2.45) is 0 Å². The van der Waals surface area contributed by atoms with Crippen molar-refractivity contribution in [3.05, 3.63) is 63.7 Å². The van der Waals surface area contributed by atoms with Crippen molar-refractivity contribution in [2.45, 2.75) is 19.3 Å². The maximum Gasteiger partial charge on any atom is 0.336 e. The number of benzene rings is 1. The Bertz CT molecular complexity index is 1180. The number of H-pyrrole nitrogens is 1. The first-order valence-electron chi connectivity index (χ1n) is 8.32. The van der Waals surface area contributed by atoms with Crippen LogP contribution in [0.1, 0.15) is 18.5 Å². The molecular formula is C19H16N2O4S. The Hall–Kier alpha value is -2.93. The number of aromatic nitrogens is 2. The van der Waals surface area contributed by atoms with Crippen molar-refractivity contribution < 1.29 is 13.6 Å². The molecule has 6 nitrogen and oxygen atoms in total. The number of ether oxygens (including phenoxy) is 1. The van der Waals surface area contributed by atoms with Crippen molar-refractivity contribution in [3.63, 3.8) is 0 Å². The summed E-state index contributed by atoms with van der Waals surface area (Å²) in [7, 11) is 0. The molecule has 1 N–H and O–H groups in total. The predicted molar refractivity (Wildman–Crippen MR) is 100 cm³/mol. The third kappa shape index (κ3) is 3.39. The largest absolute Gasteiger partial charge is 0.492 e. The van der Waals surface area contributed by atoms with Gasteiger partial charge in [-0.3, -0.25) is 0 Å². The highest BCUT2D eigenvalue weighted by Crippen LogP contribution is 2.35. The molecule has 0 fully saturated rings. The minimum absolute atomic E-state index is 0.399. The zero-order chi connectivity index (χ0) is 17.9. The molecule has 0 radical (unpaired) electrons. The van der Waals surface area contributed by atoms with Gasteiger partial charge in [0, 0.05) is 24.0 Å². The van der Waals surface area contributed by atoms with Crippen LogP contribution in [-0.4, -0.2) is 16.6 Å². The van der Waals surface area contributed by atoms with Gasteiger partial charge in [0.05, 0.1) is 23.6 Å². The van der Waals surface area contributed by atoms with E-state index in [0.29, 0.717) is 28.3 Å². The van der Waals surface area contributed by atoms with Crippen molar-refractivity contribution in [1.29, 1.82) is 0 Å². The first-order chi connectivity index (χ1) is 12.7. The average Bonchev–Trinajstić information content (AvgIpc) is 3.08. The SMILES string of the molecule is O=c1ccc2c(OCCCCc3ccnc(=S)[nH]3)c3ccoc3cc2o1. The van der Waals surface area contributed by atoms with Crippen LogP contribution in [0.4, 0.5) is 0 Å². The molecule has 3 aromatic heterocycles. The van der Waals surface area contributed by atoms with E-state index >= 15 is 0 Å². The van der Waals surface area contributed by atoms with E-state index in [-0.39, 0.29) is 0 Å². The molecule has 0 spiro atoms. The van der Waals surface area contributed by atoms with Gasteiger partial charge in [0.25, 0.3) is 0 Å². The molecule has 26 heavy (non-hydrogen) atoms. The van der Waals surface area contributed by atoms with Crippen LogP contribution in [0.3, 0.4) is 0 Å². The predicted octanol–water partition coefficient (Wildman–Crippen LogP) is 4.39. The summed E-state index contributed by atoms with van der Waals surface area (Å²) in [5.41, 5.74) is 1.75. The minimum Gasteiger partial charge on any atom is -0.492 e. The van der Waals surface area contributed by atoms with Gasteiger partial charge in [0.2, 0.25) is 0 Å². The van der Waals surface area contributed by atoms with Crippen LogP contribution in [0.2, 0.25) is 0 Å². The molecule has 0 saturated carbocycles. The summed E-state index contributed by atoms with van der Waals surface area (Å²) in [4.78, 5) is 18.5. The number of unbranched alkanes of at least 4 members (excludes halogenated alkanes) is 1. The summed E-state index contributed by atoms with van der Waals surface area (Å²) < 4.78 is 17.2. The van der Waals surface area contributed by atoms with Crippen LogP contribution in [0.25, 0.3) is 21.9 Å². The normalized spacial score (nSPS) is 11.2. The lowest BCUT2D eigenvalue weighted by atomic mass is 10.1. The fraction of sp³-hybridized carbons (Fsp3) is 0.211. The highest BCUT2D eigenvalue weighted by atomic mass is 32.1. The Morgan fingerprint density at radius 2 is 2.00 bits per heavy atom. The Morgan fingerprint density at radius 3 is 2.88 bits per heavy atom. The van der Waals surface area contributed by atoms with E-state index in [1.54, 1.807) is 24.6 Å². The van der Waals surface area contributed by atoms with Crippen molar-refractivity contribution >= 4 is 34.2 Å². The van der Waals surface area contributed by atoms with Crippen molar-refractivity contribution in [2.75, 3.05) is 6.61 Å². The van der Waals surface area contributed by atoms with Crippen LogP contribution in [0, 0.1) is 4.77 Å². The lowest BCUT2D eigenvalue weighted by Crippen LogP contribution is -2.01. The third-order valence-electron chi connectivity index (χ3n) is 4.13. The molecule has 3 heterocycles. The van der Waals surface area contributed by atoms with Crippen LogP contribution < -0.4 is 10.4 Å². The second-order valence-electron chi connectivity index (χ2n) is 5.91. The van der Waals surface area contributed by atoms with Crippen LogP contribution in [-0.2, 0) is 6.42 Å². The van der Waals surface area contributed by atoms with E-state index in [1.807, 2.05) is 12.1 Å². The highest BCUT2D eigenvalue weighted by molar-refractivity contribution is 7.71. The third-order valence-corrected chi connectivity index (χ3v) is 4.34. The van der Waals surface area contributed by atoms with Gasteiger partial charge in [-0.15, -0.1) is 0 Å². The fourth-order valence-corrected chi connectivity index (χ4v) is 3.10. The maximum absolute atomic E-state index is 11.5. The maximum atomic E-state index is 11.5. The van der Waals surface area contributed by atoms with Gasteiger partial charge in [-0.2, -0.15) is 0 Å². The summed E-state index contributed by atoms with van der Waals surface area (Å²) in [5, 5.41) is 1.63. The van der Waals surface area contributed by atoms with Crippen LogP contribution >= 0.6 is 12.2 Å². The smallest absolute Gasteiger partial charge is 0.336 e. The topological polar surface area (TPSA) is 81.3 Å². The lowest BCUT2D eigenvalue weighted by Gasteiger charge is -2.10. The van der Waals surface area contributed by atoms with Crippen molar-refractivity contribution in [1.82, 2.24) is 9.97 Å². The standard InChI is InChI=1S/C19H16N2O4S/c22-17-5-4-13-16(25-17)11-15-14(7-10-23-15)18(13)24-9-2-1-3-12-6-8-20-19(26)21-12/h4-8,10-11H,1-3,9H2,(H,20,21,26). The van der Waals surface area contributed by atoms with E-state index in [0.717, 1.165) is 35.7 Å². The Balaban J connectivity index is 1.48. The molecular weight excluding hydrogens is 352 g/mol. The molecule has 132 valence electrons. The second-order valence-corrected chi connectivity index (χ2v) is 6.30. The van der Waals surface area contributed by atoms with E-state index in [2.05, 4.69) is 9.97 Å². The van der Waals surface area contributed by atoms with Gasteiger partial charge in [-0.25, -0.2) is 9.78 Å². The quantitative estimate of drug-likeness (QED) is 0.309. The molecule has 0 aliphatic carbocycles. The number of rotatable bonds is 6. The van der Waals surface area contributed by atoms with E-state index < -0.39 is 5.63 Å². The molecule has 0 atom stereocenters. The van der Waals surface area contributed by atoms with E-state index in [1.165, 1.54) is 6.07 Å². The molecule has 0 aliphatic rings. The molecule has 1 aromatic carbocycles. The number of fused-ring (bicyclic) bond motifs is 2. The summed E-state index contributed by atoms with van der Waals surface area (Å²) in [6, 6.07) is 8.61. The number of aromatic amines is 1. The zero-order valence-electron chi connectivity index (χ0n) is 13.9. The first kappa shape index (κ1) is 16.5. The first-order valence-corrected chi connectivity index (χ1v) is 8.72. The van der Waals surface area contributed by atoms with E-state index in [9.17, 15) is 4.79 Å². The number of hydrogen-bond acceptors (Lipinski definition) is 6. The molecule has 0 saturated heterocycles. The monoisotopic (exact) mass is 368 g/mol. The van der Waals surface area contributed by atoms with Gasteiger partial charge in [-0.05, 0) is 49.7 Å². The molecule has 4 aromatic rings. The number of nitrogens with one attached hydrogen (secondary N) is 1. The summed E-state index contributed by atoms with van der Waals surface area (Å²) >= 11 is 5.02. The van der Waals surface area contributed by atoms with Gasteiger partial charge in [0.15, 0.2) is 4.77 Å². The van der Waals surface area contributed by atoms with E-state index in [4.69, 9.17) is 25.8 Å². The Labute approximate surface area is 153 Å². The lowest BCUT2D eigenvalue weighted by molar-refractivity contribution is 0.313.